The summed E-state index contributed by atoms with van der Waals surface area (Å²) in [6.07, 6.45) is 2.20. The van der Waals surface area contributed by atoms with Crippen LogP contribution in [0.2, 0.25) is 0 Å². The summed E-state index contributed by atoms with van der Waals surface area (Å²) < 4.78 is 47.9. The molecule has 164 valence electrons. The van der Waals surface area contributed by atoms with Crippen LogP contribution in [0.1, 0.15) is 27.3 Å². The van der Waals surface area contributed by atoms with Crippen molar-refractivity contribution in [2.24, 2.45) is 0 Å². The molecule has 0 bridgehead atoms. The van der Waals surface area contributed by atoms with Gasteiger partial charge in [-0.3, -0.25) is 9.20 Å². The molecule has 4 aromatic rings. The zero-order chi connectivity index (χ0) is 23.2. The normalized spacial score (nSPS) is 11.2. The van der Waals surface area contributed by atoms with E-state index in [1.807, 2.05) is 0 Å². The number of nitrogens with zero attached hydrogens (tertiary/aromatic N) is 4. The van der Waals surface area contributed by atoms with Gasteiger partial charge in [0.1, 0.15) is 17.3 Å². The predicted octanol–water partition coefficient (Wildman–Crippen LogP) is 2.29. The van der Waals surface area contributed by atoms with E-state index in [1.54, 1.807) is 0 Å². The van der Waals surface area contributed by atoms with Crippen molar-refractivity contribution in [1.29, 1.82) is 0 Å². The Morgan fingerprint density at radius 3 is 2.66 bits per heavy atom. The molecule has 32 heavy (non-hydrogen) atoms. The molecular formula is C20H14F3N5O4. The van der Waals surface area contributed by atoms with Gasteiger partial charge in [0, 0.05) is 12.6 Å². The lowest BCUT2D eigenvalue weighted by Gasteiger charge is -2.10. The minimum absolute atomic E-state index is 0.0309. The van der Waals surface area contributed by atoms with E-state index >= 15 is 0 Å². The minimum atomic E-state index is -1.48. The van der Waals surface area contributed by atoms with Crippen molar-refractivity contribution < 1.29 is 27.8 Å². The lowest BCUT2D eigenvalue weighted by atomic mass is 10.1. The van der Waals surface area contributed by atoms with Crippen LogP contribution < -0.4 is 5.56 Å². The van der Waals surface area contributed by atoms with Gasteiger partial charge in [-0.05, 0) is 30.2 Å². The Balaban J connectivity index is 1.96. The SMILES string of the molecule is COC(=O)c1cnc2c(Cc3cc(F)c(C)cc3F)nc(-c3nc(O)c(F)c(=O)[nH]3)cn12. The molecule has 9 nitrogen and oxygen atoms in total. The number of aromatic hydroxyl groups is 1. The quantitative estimate of drug-likeness (QED) is 0.462. The summed E-state index contributed by atoms with van der Waals surface area (Å²) in [4.78, 5) is 37.9. The number of H-pyrrole nitrogens is 1. The average molecular weight is 445 g/mol. The highest BCUT2D eigenvalue weighted by molar-refractivity contribution is 5.88. The van der Waals surface area contributed by atoms with Crippen LogP contribution in [0.15, 0.2) is 29.3 Å². The van der Waals surface area contributed by atoms with Gasteiger partial charge < -0.3 is 14.8 Å². The summed E-state index contributed by atoms with van der Waals surface area (Å²) in [7, 11) is 1.16. The van der Waals surface area contributed by atoms with Crippen molar-refractivity contribution in [2.45, 2.75) is 13.3 Å². The Bertz CT molecular complexity index is 1450. The van der Waals surface area contributed by atoms with Gasteiger partial charge in [0.2, 0.25) is 5.82 Å². The molecule has 3 aromatic heterocycles. The van der Waals surface area contributed by atoms with E-state index < -0.39 is 34.9 Å². The molecule has 0 radical (unpaired) electrons. The van der Waals surface area contributed by atoms with E-state index in [0.29, 0.717) is 0 Å². The summed E-state index contributed by atoms with van der Waals surface area (Å²) in [5, 5.41) is 9.58. The monoisotopic (exact) mass is 445 g/mol. The molecule has 0 amide bonds. The number of aryl methyl sites for hydroxylation is 1. The second-order valence-corrected chi connectivity index (χ2v) is 6.82. The number of rotatable bonds is 4. The van der Waals surface area contributed by atoms with Crippen LogP contribution in [0.5, 0.6) is 5.88 Å². The third kappa shape index (κ3) is 3.55. The van der Waals surface area contributed by atoms with Crippen molar-refractivity contribution in [3.8, 4) is 17.4 Å². The van der Waals surface area contributed by atoms with E-state index in [2.05, 4.69) is 19.9 Å². The van der Waals surface area contributed by atoms with Crippen molar-refractivity contribution in [3.05, 3.63) is 74.8 Å². The number of carbonyl (C=O) groups excluding carboxylic acids is 1. The largest absolute Gasteiger partial charge is 0.491 e. The lowest BCUT2D eigenvalue weighted by Crippen LogP contribution is -2.15. The predicted molar refractivity (Wildman–Crippen MR) is 104 cm³/mol. The maximum Gasteiger partial charge on any atom is 0.356 e. The topological polar surface area (TPSA) is 122 Å². The second-order valence-electron chi connectivity index (χ2n) is 6.82. The zero-order valence-electron chi connectivity index (χ0n) is 16.6. The fourth-order valence-corrected chi connectivity index (χ4v) is 3.11. The third-order valence-corrected chi connectivity index (χ3v) is 4.73. The van der Waals surface area contributed by atoms with Crippen LogP contribution in [-0.2, 0) is 11.2 Å². The van der Waals surface area contributed by atoms with Crippen molar-refractivity contribution >= 4 is 11.6 Å². The van der Waals surface area contributed by atoms with Crippen LogP contribution in [0, 0.1) is 24.4 Å². The number of esters is 1. The van der Waals surface area contributed by atoms with Gasteiger partial charge in [-0.1, -0.05) is 0 Å². The van der Waals surface area contributed by atoms with Gasteiger partial charge in [-0.15, -0.1) is 0 Å². The van der Waals surface area contributed by atoms with Gasteiger partial charge in [0.25, 0.3) is 11.4 Å². The highest BCUT2D eigenvalue weighted by Crippen LogP contribution is 2.23. The number of halogens is 3. The Morgan fingerprint density at radius 1 is 1.22 bits per heavy atom. The molecule has 0 aliphatic heterocycles. The number of nitrogens with one attached hydrogen (secondary N) is 1. The van der Waals surface area contributed by atoms with Crippen LogP contribution in [-0.4, -0.2) is 42.5 Å². The van der Waals surface area contributed by atoms with E-state index in [1.165, 1.54) is 23.7 Å². The third-order valence-electron chi connectivity index (χ3n) is 4.73. The molecule has 3 heterocycles. The van der Waals surface area contributed by atoms with Gasteiger partial charge >= 0.3 is 5.97 Å². The number of fused-ring (bicyclic) bond motifs is 1. The number of benzene rings is 1. The summed E-state index contributed by atoms with van der Waals surface area (Å²) in [6, 6.07) is 2.05. The number of aromatic nitrogens is 5. The molecule has 0 saturated carbocycles. The van der Waals surface area contributed by atoms with E-state index in [-0.39, 0.29) is 46.1 Å². The molecule has 4 rings (SSSR count). The Labute approximate surface area is 177 Å². The molecular weight excluding hydrogens is 431 g/mol. The first kappa shape index (κ1) is 21.0. The van der Waals surface area contributed by atoms with Crippen LogP contribution in [0.4, 0.5) is 13.2 Å². The van der Waals surface area contributed by atoms with Crippen LogP contribution >= 0.6 is 0 Å². The maximum absolute atomic E-state index is 14.4. The number of ether oxygens (including phenoxy) is 1. The highest BCUT2D eigenvalue weighted by Gasteiger charge is 2.21. The minimum Gasteiger partial charge on any atom is -0.491 e. The van der Waals surface area contributed by atoms with Gasteiger partial charge in [0.15, 0.2) is 17.2 Å². The maximum atomic E-state index is 14.4. The number of carbonyl (C=O) groups is 1. The molecule has 0 unspecified atom stereocenters. The lowest BCUT2D eigenvalue weighted by molar-refractivity contribution is 0.0593. The molecule has 2 N–H and O–H groups in total. The van der Waals surface area contributed by atoms with Gasteiger partial charge in [0.05, 0.1) is 19.0 Å². The van der Waals surface area contributed by atoms with Crippen LogP contribution in [0.3, 0.4) is 0 Å². The van der Waals surface area contributed by atoms with Crippen molar-refractivity contribution in [2.75, 3.05) is 7.11 Å². The molecule has 0 saturated heterocycles. The van der Waals surface area contributed by atoms with Gasteiger partial charge in [-0.25, -0.2) is 23.5 Å². The van der Waals surface area contributed by atoms with Crippen LogP contribution in [0.25, 0.3) is 17.2 Å². The molecule has 0 aliphatic carbocycles. The molecule has 1 aromatic carbocycles. The second kappa shape index (κ2) is 7.80. The first-order valence-corrected chi connectivity index (χ1v) is 9.08. The van der Waals surface area contributed by atoms with E-state index in [4.69, 9.17) is 4.74 Å². The van der Waals surface area contributed by atoms with Crippen molar-refractivity contribution in [1.82, 2.24) is 24.3 Å². The summed E-state index contributed by atoms with van der Waals surface area (Å²) in [5.74, 6) is -5.02. The molecule has 0 fully saturated rings. The van der Waals surface area contributed by atoms with E-state index in [9.17, 15) is 27.9 Å². The molecule has 0 spiro atoms. The number of hydrogen-bond acceptors (Lipinski definition) is 7. The Hall–Kier alpha value is -4.22. The number of aromatic amines is 1. The molecule has 12 heteroatoms. The summed E-state index contributed by atoms with van der Waals surface area (Å²) in [6.45, 7) is 1.42. The Kier molecular flexibility index (Phi) is 5.12. The summed E-state index contributed by atoms with van der Waals surface area (Å²) in [5.41, 5.74) is -1.08. The Morgan fingerprint density at radius 2 is 1.97 bits per heavy atom. The highest BCUT2D eigenvalue weighted by atomic mass is 19.1. The average Bonchev–Trinajstić information content (AvgIpc) is 3.19. The first-order chi connectivity index (χ1) is 15.2. The standard InChI is InChI=1S/C20H14F3N5O4/c1-8-3-11(22)9(4-10(8)21)5-12-17-24-6-14(20(31)32-2)28(17)7-13(25-12)16-26-18(29)15(23)19(30)27-16/h3-4,6-7H,5H2,1-2H3,(H2,26,27,29,30). The number of imidazole rings is 1. The number of methoxy groups -OCH3 is 1. The number of hydrogen-bond donors (Lipinski definition) is 2. The smallest absolute Gasteiger partial charge is 0.356 e. The fourth-order valence-electron chi connectivity index (χ4n) is 3.11. The van der Waals surface area contributed by atoms with E-state index in [0.717, 1.165) is 19.2 Å². The fraction of sp³-hybridized carbons (Fsp3) is 0.150. The molecule has 0 atom stereocenters. The summed E-state index contributed by atoms with van der Waals surface area (Å²) >= 11 is 0. The van der Waals surface area contributed by atoms with Crippen molar-refractivity contribution in [3.63, 3.8) is 0 Å². The molecule has 0 aliphatic rings. The first-order valence-electron chi connectivity index (χ1n) is 9.08. The zero-order valence-corrected chi connectivity index (χ0v) is 16.6. The van der Waals surface area contributed by atoms with Gasteiger partial charge in [-0.2, -0.15) is 9.37 Å².